The van der Waals surface area contributed by atoms with Crippen LogP contribution in [0.1, 0.15) is 41.7 Å². The van der Waals surface area contributed by atoms with E-state index in [2.05, 4.69) is 15.1 Å². The van der Waals surface area contributed by atoms with Crippen LogP contribution in [-0.2, 0) is 4.79 Å². The minimum atomic E-state index is -1.11. The predicted octanol–water partition coefficient (Wildman–Crippen LogP) is 2.96. The lowest BCUT2D eigenvalue weighted by Gasteiger charge is -2.33. The van der Waals surface area contributed by atoms with Crippen molar-refractivity contribution in [2.75, 3.05) is 13.2 Å². The molecule has 1 fully saturated rings. The molecule has 1 atom stereocenters. The number of aromatic nitrogens is 3. The highest BCUT2D eigenvalue weighted by atomic mass is 16.5. The molecule has 0 saturated carbocycles. The largest absolute Gasteiger partial charge is 0.484 e. The molecule has 9 heteroatoms. The zero-order valence-electron chi connectivity index (χ0n) is 16.1. The zero-order chi connectivity index (χ0) is 20.9. The third-order valence-electron chi connectivity index (χ3n) is 4.90. The number of para-hydroxylation sites is 1. The number of amides is 1. The van der Waals surface area contributed by atoms with Crippen LogP contribution in [0.5, 0.6) is 5.75 Å². The van der Waals surface area contributed by atoms with Gasteiger partial charge in [0.25, 0.3) is 5.91 Å². The number of piperidine rings is 1. The summed E-state index contributed by atoms with van der Waals surface area (Å²) in [5, 5.41) is 12.9. The van der Waals surface area contributed by atoms with Crippen molar-refractivity contribution in [2.45, 2.75) is 25.3 Å². The molecule has 1 N–H and O–H groups in total. The van der Waals surface area contributed by atoms with Crippen LogP contribution in [0.15, 0.2) is 53.2 Å². The molecule has 0 unspecified atom stereocenters. The summed E-state index contributed by atoms with van der Waals surface area (Å²) in [7, 11) is 0. The first-order chi connectivity index (χ1) is 14.6. The number of pyridine rings is 1. The number of carboxylic acid groups (broad SMARTS) is 1. The summed E-state index contributed by atoms with van der Waals surface area (Å²) in [4.78, 5) is 33.7. The fourth-order valence-corrected chi connectivity index (χ4v) is 3.37. The molecule has 1 aliphatic rings. The maximum absolute atomic E-state index is 12.8. The second-order valence-corrected chi connectivity index (χ2v) is 6.89. The third-order valence-corrected chi connectivity index (χ3v) is 4.90. The Morgan fingerprint density at radius 3 is 2.73 bits per heavy atom. The van der Waals surface area contributed by atoms with E-state index >= 15 is 0 Å². The Bertz CT molecular complexity index is 1020. The Hall–Kier alpha value is -3.75. The zero-order valence-corrected chi connectivity index (χ0v) is 16.1. The van der Waals surface area contributed by atoms with Gasteiger partial charge in [-0.25, -0.2) is 9.78 Å². The van der Waals surface area contributed by atoms with Crippen LogP contribution in [0.25, 0.3) is 11.4 Å². The number of carboxylic acids is 1. The van der Waals surface area contributed by atoms with Crippen LogP contribution >= 0.6 is 0 Å². The molecular weight excluding hydrogens is 388 g/mol. The van der Waals surface area contributed by atoms with E-state index in [1.165, 1.54) is 12.3 Å². The van der Waals surface area contributed by atoms with E-state index in [-0.39, 0.29) is 24.2 Å². The molecule has 2 aromatic heterocycles. The summed E-state index contributed by atoms with van der Waals surface area (Å²) in [5.74, 6) is 0.0324. The molecule has 4 rings (SSSR count). The Labute approximate surface area is 172 Å². The molecule has 154 valence electrons. The highest BCUT2D eigenvalue weighted by molar-refractivity contribution is 5.85. The normalized spacial score (nSPS) is 16.3. The lowest BCUT2D eigenvalue weighted by atomic mass is 10.0. The van der Waals surface area contributed by atoms with Crippen molar-refractivity contribution in [3.63, 3.8) is 0 Å². The van der Waals surface area contributed by atoms with E-state index in [1.54, 1.807) is 23.1 Å². The van der Waals surface area contributed by atoms with Gasteiger partial charge < -0.3 is 19.3 Å². The van der Waals surface area contributed by atoms with E-state index < -0.39 is 5.97 Å². The van der Waals surface area contributed by atoms with Crippen molar-refractivity contribution < 1.29 is 24.0 Å². The quantitative estimate of drug-likeness (QED) is 0.661. The first kappa shape index (κ1) is 19.6. The second-order valence-electron chi connectivity index (χ2n) is 6.89. The van der Waals surface area contributed by atoms with Crippen molar-refractivity contribution >= 4 is 11.9 Å². The molecule has 9 nitrogen and oxygen atoms in total. The van der Waals surface area contributed by atoms with Crippen LogP contribution in [0.3, 0.4) is 0 Å². The minimum Gasteiger partial charge on any atom is -0.484 e. The number of carbonyl (C=O) groups is 2. The monoisotopic (exact) mass is 408 g/mol. The number of benzene rings is 1. The van der Waals surface area contributed by atoms with Crippen LogP contribution in [-0.4, -0.2) is 50.2 Å². The van der Waals surface area contributed by atoms with Gasteiger partial charge in [0.05, 0.1) is 0 Å². The number of likely N-dealkylation sites (tertiary alicyclic amines) is 1. The lowest BCUT2D eigenvalue weighted by Crippen LogP contribution is -2.41. The van der Waals surface area contributed by atoms with Crippen LogP contribution in [0.2, 0.25) is 0 Å². The maximum atomic E-state index is 12.8. The lowest BCUT2D eigenvalue weighted by molar-refractivity contribution is -0.138. The number of ether oxygens (including phenoxy) is 1. The van der Waals surface area contributed by atoms with Crippen LogP contribution in [0, 0.1) is 0 Å². The van der Waals surface area contributed by atoms with Crippen molar-refractivity contribution in [1.82, 2.24) is 20.0 Å². The van der Waals surface area contributed by atoms with Gasteiger partial charge in [-0.3, -0.25) is 4.79 Å². The number of rotatable bonds is 6. The van der Waals surface area contributed by atoms with Gasteiger partial charge in [-0.2, -0.15) is 4.98 Å². The van der Waals surface area contributed by atoms with Gasteiger partial charge in [-0.15, -0.1) is 0 Å². The van der Waals surface area contributed by atoms with Gasteiger partial charge >= 0.3 is 5.97 Å². The summed E-state index contributed by atoms with van der Waals surface area (Å²) in [6.07, 6.45) is 3.94. The first-order valence-corrected chi connectivity index (χ1v) is 9.62. The third kappa shape index (κ3) is 4.29. The number of hydrogen-bond acceptors (Lipinski definition) is 7. The molecule has 0 spiro atoms. The summed E-state index contributed by atoms with van der Waals surface area (Å²) >= 11 is 0. The summed E-state index contributed by atoms with van der Waals surface area (Å²) in [6, 6.07) is 11.8. The van der Waals surface area contributed by atoms with Gasteiger partial charge in [0.2, 0.25) is 11.7 Å². The Morgan fingerprint density at radius 1 is 1.17 bits per heavy atom. The smallest absolute Gasteiger partial charge is 0.354 e. The van der Waals surface area contributed by atoms with Gasteiger partial charge in [-0.05, 0) is 43.5 Å². The average Bonchev–Trinajstić information content (AvgIpc) is 3.28. The molecule has 1 aromatic carbocycles. The first-order valence-electron chi connectivity index (χ1n) is 9.62. The van der Waals surface area contributed by atoms with Crippen molar-refractivity contribution in [1.29, 1.82) is 0 Å². The van der Waals surface area contributed by atoms with Gasteiger partial charge in [0.15, 0.2) is 6.61 Å². The van der Waals surface area contributed by atoms with Gasteiger partial charge in [0, 0.05) is 18.3 Å². The molecule has 1 saturated heterocycles. The molecule has 1 amide bonds. The molecule has 30 heavy (non-hydrogen) atoms. The molecule has 1 aliphatic heterocycles. The summed E-state index contributed by atoms with van der Waals surface area (Å²) in [5.41, 5.74) is 0.473. The fraction of sp³-hybridized carbons (Fsp3) is 0.286. The standard InChI is InChI=1S/C21H20N4O5/c26-18(13-29-15-6-2-1-3-7-15)25-11-5-4-8-17(25)20-23-19(24-30-20)14-9-10-16(21(27)28)22-12-14/h1-3,6-7,9-10,12,17H,4-5,8,11,13H2,(H,27,28)/t17-/m1/s1. The van der Waals surface area contributed by atoms with Crippen LogP contribution < -0.4 is 4.74 Å². The average molecular weight is 408 g/mol. The van der Waals surface area contributed by atoms with Crippen molar-refractivity contribution in [3.05, 3.63) is 60.2 Å². The van der Waals surface area contributed by atoms with Crippen molar-refractivity contribution in [2.24, 2.45) is 0 Å². The minimum absolute atomic E-state index is 0.0649. The number of aromatic carboxylic acids is 1. The number of nitrogens with zero attached hydrogens (tertiary/aromatic N) is 4. The SMILES string of the molecule is O=C(O)c1ccc(-c2noc([C@H]3CCCCN3C(=O)COc3ccccc3)n2)cn1. The van der Waals surface area contributed by atoms with E-state index in [0.717, 1.165) is 19.3 Å². The summed E-state index contributed by atoms with van der Waals surface area (Å²) in [6.45, 7) is 0.524. The second kappa shape index (κ2) is 8.73. The van der Waals surface area contributed by atoms with E-state index in [0.29, 0.717) is 29.6 Å². The van der Waals surface area contributed by atoms with E-state index in [4.69, 9.17) is 14.4 Å². The van der Waals surface area contributed by atoms with E-state index in [1.807, 2.05) is 18.2 Å². The predicted molar refractivity (Wildman–Crippen MR) is 105 cm³/mol. The highest BCUT2D eigenvalue weighted by Crippen LogP contribution is 2.31. The molecular formula is C21H20N4O5. The molecule has 0 bridgehead atoms. The molecule has 0 aliphatic carbocycles. The Kier molecular flexibility index (Phi) is 5.69. The number of carbonyl (C=O) groups excluding carboxylic acids is 1. The van der Waals surface area contributed by atoms with E-state index in [9.17, 15) is 9.59 Å². The molecule has 3 aromatic rings. The Morgan fingerprint density at radius 2 is 2.00 bits per heavy atom. The fourth-order valence-electron chi connectivity index (χ4n) is 3.37. The van der Waals surface area contributed by atoms with Gasteiger partial charge in [-0.1, -0.05) is 23.4 Å². The topological polar surface area (TPSA) is 119 Å². The Balaban J connectivity index is 1.47. The van der Waals surface area contributed by atoms with Crippen molar-refractivity contribution in [3.8, 4) is 17.1 Å². The summed E-state index contributed by atoms with van der Waals surface area (Å²) < 4.78 is 11.0. The number of hydrogen-bond donors (Lipinski definition) is 1. The highest BCUT2D eigenvalue weighted by Gasteiger charge is 2.32. The van der Waals surface area contributed by atoms with Crippen LogP contribution in [0.4, 0.5) is 0 Å². The van der Waals surface area contributed by atoms with Gasteiger partial charge in [0.1, 0.15) is 17.5 Å². The maximum Gasteiger partial charge on any atom is 0.354 e. The molecule has 0 radical (unpaired) electrons. The molecule has 3 heterocycles.